The Bertz CT molecular complexity index is 654. The van der Waals surface area contributed by atoms with Gasteiger partial charge in [-0.2, -0.15) is 0 Å². The molecule has 0 heterocycles. The highest BCUT2D eigenvalue weighted by atomic mass is 16.6. The van der Waals surface area contributed by atoms with Crippen LogP contribution in [0.4, 0.5) is 11.4 Å². The molecular weight excluding hydrogens is 268 g/mol. The van der Waals surface area contributed by atoms with Gasteiger partial charge >= 0.3 is 0 Å². The Hall–Kier alpha value is -2.56. The summed E-state index contributed by atoms with van der Waals surface area (Å²) < 4.78 is 0. The molecule has 108 valence electrons. The summed E-state index contributed by atoms with van der Waals surface area (Å²) in [7, 11) is 0. The van der Waals surface area contributed by atoms with Crippen LogP contribution in [0.5, 0.6) is 5.75 Å². The fourth-order valence-corrected chi connectivity index (χ4v) is 2.52. The molecule has 1 fully saturated rings. The number of aromatic hydroxyl groups is 1. The van der Waals surface area contributed by atoms with Crippen molar-refractivity contribution in [1.29, 1.82) is 0 Å². The third-order valence-corrected chi connectivity index (χ3v) is 3.74. The van der Waals surface area contributed by atoms with E-state index in [1.807, 2.05) is 30.3 Å². The molecule has 0 radical (unpaired) electrons. The van der Waals surface area contributed by atoms with Crippen molar-refractivity contribution in [1.82, 2.24) is 0 Å². The summed E-state index contributed by atoms with van der Waals surface area (Å²) in [5.41, 5.74) is 1.47. The summed E-state index contributed by atoms with van der Waals surface area (Å²) in [5, 5.41) is 23.8. The van der Waals surface area contributed by atoms with Crippen molar-refractivity contribution < 1.29 is 10.0 Å². The van der Waals surface area contributed by atoms with Crippen LogP contribution in [0, 0.1) is 16.0 Å². The largest absolute Gasteiger partial charge is 0.508 e. The minimum absolute atomic E-state index is 0.0643. The summed E-state index contributed by atoms with van der Waals surface area (Å²) in [5.74, 6) is 0.399. The van der Waals surface area contributed by atoms with Gasteiger partial charge in [-0.15, -0.1) is 0 Å². The van der Waals surface area contributed by atoms with Crippen LogP contribution >= 0.6 is 0 Å². The first-order chi connectivity index (χ1) is 10.1. The lowest BCUT2D eigenvalue weighted by Crippen LogP contribution is -2.13. The minimum atomic E-state index is -0.475. The van der Waals surface area contributed by atoms with Crippen LogP contribution in [0.25, 0.3) is 0 Å². The first kappa shape index (κ1) is 13.4. The second-order valence-electron chi connectivity index (χ2n) is 5.33. The van der Waals surface area contributed by atoms with Crippen LogP contribution < -0.4 is 5.32 Å². The van der Waals surface area contributed by atoms with Crippen molar-refractivity contribution in [3.05, 3.63) is 64.2 Å². The van der Waals surface area contributed by atoms with Crippen LogP contribution in [0.1, 0.15) is 24.4 Å². The molecule has 1 aliphatic carbocycles. The molecule has 0 aromatic heterocycles. The third kappa shape index (κ3) is 2.97. The molecule has 1 atom stereocenters. The van der Waals surface area contributed by atoms with Gasteiger partial charge in [0.15, 0.2) is 0 Å². The summed E-state index contributed by atoms with van der Waals surface area (Å²) in [4.78, 5) is 10.7. The number of nitro groups is 1. The maximum atomic E-state index is 11.1. The maximum Gasteiger partial charge on any atom is 0.296 e. The summed E-state index contributed by atoms with van der Waals surface area (Å²) in [6.07, 6.45) is 2.25. The van der Waals surface area contributed by atoms with Crippen molar-refractivity contribution in [2.45, 2.75) is 18.9 Å². The maximum absolute atomic E-state index is 11.1. The number of nitro benzene ring substituents is 1. The minimum Gasteiger partial charge on any atom is -0.508 e. The molecular formula is C16H16N2O3. The Morgan fingerprint density at radius 2 is 1.90 bits per heavy atom. The van der Waals surface area contributed by atoms with Gasteiger partial charge in [-0.05, 0) is 36.5 Å². The average Bonchev–Trinajstić information content (AvgIpc) is 3.31. The molecule has 2 N–H and O–H groups in total. The smallest absolute Gasteiger partial charge is 0.296 e. The highest BCUT2D eigenvalue weighted by Crippen LogP contribution is 2.44. The van der Waals surface area contributed by atoms with Gasteiger partial charge in [0.1, 0.15) is 11.4 Å². The second-order valence-corrected chi connectivity index (χ2v) is 5.33. The first-order valence-corrected chi connectivity index (χ1v) is 6.94. The highest BCUT2D eigenvalue weighted by Gasteiger charge is 2.33. The predicted octanol–water partition coefficient (Wildman–Crippen LogP) is 3.86. The van der Waals surface area contributed by atoms with Crippen molar-refractivity contribution in [3.63, 3.8) is 0 Å². The lowest BCUT2D eigenvalue weighted by molar-refractivity contribution is -0.384. The van der Waals surface area contributed by atoms with E-state index < -0.39 is 4.92 Å². The molecule has 0 spiro atoms. The van der Waals surface area contributed by atoms with Crippen LogP contribution in [0.15, 0.2) is 48.5 Å². The molecule has 0 aliphatic heterocycles. The van der Waals surface area contributed by atoms with E-state index in [-0.39, 0.29) is 17.5 Å². The van der Waals surface area contributed by atoms with E-state index in [9.17, 15) is 15.2 Å². The monoisotopic (exact) mass is 284 g/mol. The zero-order chi connectivity index (χ0) is 14.8. The van der Waals surface area contributed by atoms with Gasteiger partial charge in [-0.3, -0.25) is 10.1 Å². The number of anilines is 1. The molecule has 3 rings (SSSR count). The molecule has 0 saturated heterocycles. The van der Waals surface area contributed by atoms with E-state index in [0.717, 1.165) is 18.4 Å². The quantitative estimate of drug-likeness (QED) is 0.496. The number of hydrogen-bond acceptors (Lipinski definition) is 4. The zero-order valence-electron chi connectivity index (χ0n) is 11.4. The van der Waals surface area contributed by atoms with Crippen molar-refractivity contribution in [2.75, 3.05) is 5.32 Å². The van der Waals surface area contributed by atoms with Crippen molar-refractivity contribution in [2.24, 2.45) is 5.92 Å². The molecule has 5 heteroatoms. The van der Waals surface area contributed by atoms with Gasteiger partial charge in [0, 0.05) is 0 Å². The van der Waals surface area contributed by atoms with Crippen LogP contribution in [0.2, 0.25) is 0 Å². The molecule has 21 heavy (non-hydrogen) atoms. The van der Waals surface area contributed by atoms with Crippen LogP contribution in [0.3, 0.4) is 0 Å². The standard InChI is InChI=1S/C16H16N2O3/c19-13-8-9-14(15(10-13)18(20)21)17-16(12-6-7-12)11-4-2-1-3-5-11/h1-5,8-10,12,16-17,19H,6-7H2. The van der Waals surface area contributed by atoms with Gasteiger partial charge in [-0.25, -0.2) is 0 Å². The molecule has 5 nitrogen and oxygen atoms in total. The van der Waals surface area contributed by atoms with Crippen LogP contribution in [-0.4, -0.2) is 10.0 Å². The van der Waals surface area contributed by atoms with Gasteiger partial charge in [-0.1, -0.05) is 30.3 Å². The van der Waals surface area contributed by atoms with Gasteiger partial charge in [0.05, 0.1) is 17.0 Å². The molecule has 0 amide bonds. The van der Waals surface area contributed by atoms with E-state index in [1.165, 1.54) is 12.1 Å². The molecule has 2 aromatic carbocycles. The Morgan fingerprint density at radius 3 is 2.52 bits per heavy atom. The summed E-state index contributed by atoms with van der Waals surface area (Å²) in [6.45, 7) is 0. The number of benzene rings is 2. The van der Waals surface area contributed by atoms with Gasteiger partial charge < -0.3 is 10.4 Å². The topological polar surface area (TPSA) is 75.4 Å². The number of phenolic OH excluding ortho intramolecular Hbond substituents is 1. The van der Waals surface area contributed by atoms with Crippen molar-refractivity contribution in [3.8, 4) is 5.75 Å². The number of phenols is 1. The molecule has 0 bridgehead atoms. The van der Waals surface area contributed by atoms with Gasteiger partial charge in [0.2, 0.25) is 0 Å². The normalized spacial score (nSPS) is 15.4. The third-order valence-electron chi connectivity index (χ3n) is 3.74. The zero-order valence-corrected chi connectivity index (χ0v) is 11.4. The lowest BCUT2D eigenvalue weighted by Gasteiger charge is -2.20. The SMILES string of the molecule is O=[N+]([O-])c1cc(O)ccc1NC(c1ccccc1)C1CC1. The number of nitrogens with one attached hydrogen (secondary N) is 1. The number of rotatable bonds is 5. The molecule has 1 aliphatic rings. The Balaban J connectivity index is 1.92. The highest BCUT2D eigenvalue weighted by molar-refractivity contribution is 5.64. The van der Waals surface area contributed by atoms with E-state index in [2.05, 4.69) is 5.32 Å². The second kappa shape index (κ2) is 5.44. The van der Waals surface area contributed by atoms with E-state index in [4.69, 9.17) is 0 Å². The summed E-state index contributed by atoms with van der Waals surface area (Å²) in [6, 6.07) is 14.2. The molecule has 2 aromatic rings. The van der Waals surface area contributed by atoms with E-state index >= 15 is 0 Å². The predicted molar refractivity (Wildman–Crippen MR) is 80.3 cm³/mol. The van der Waals surface area contributed by atoms with E-state index in [1.54, 1.807) is 6.07 Å². The fraction of sp³-hybridized carbons (Fsp3) is 0.250. The Labute approximate surface area is 122 Å². The number of hydrogen-bond donors (Lipinski definition) is 2. The lowest BCUT2D eigenvalue weighted by atomic mass is 10.0. The van der Waals surface area contributed by atoms with Gasteiger partial charge in [0.25, 0.3) is 5.69 Å². The first-order valence-electron chi connectivity index (χ1n) is 6.94. The Morgan fingerprint density at radius 1 is 1.19 bits per heavy atom. The van der Waals surface area contributed by atoms with Crippen LogP contribution in [-0.2, 0) is 0 Å². The number of nitrogens with zero attached hydrogens (tertiary/aromatic N) is 1. The molecule has 1 unspecified atom stereocenters. The van der Waals surface area contributed by atoms with E-state index in [0.29, 0.717) is 11.6 Å². The molecule has 1 saturated carbocycles. The van der Waals surface area contributed by atoms with Crippen molar-refractivity contribution >= 4 is 11.4 Å². The Kier molecular flexibility index (Phi) is 3.48. The summed E-state index contributed by atoms with van der Waals surface area (Å²) >= 11 is 0. The average molecular weight is 284 g/mol. The fourth-order valence-electron chi connectivity index (χ4n) is 2.52.